The smallest absolute Gasteiger partial charge is 0.407 e. The Labute approximate surface area is 144 Å². The van der Waals surface area contributed by atoms with Gasteiger partial charge in [-0.2, -0.15) is 0 Å². The highest BCUT2D eigenvalue weighted by molar-refractivity contribution is 5.79. The Morgan fingerprint density at radius 1 is 1.25 bits per heavy atom. The predicted molar refractivity (Wildman–Crippen MR) is 93.5 cm³/mol. The molecular formula is C19H28N2O3. The van der Waals surface area contributed by atoms with Crippen LogP contribution in [0.4, 0.5) is 4.79 Å². The molecule has 5 heteroatoms. The molecule has 0 unspecified atom stereocenters. The Bertz CT molecular complexity index is 580. The minimum absolute atomic E-state index is 0.0393. The van der Waals surface area contributed by atoms with Crippen LogP contribution in [0, 0.1) is 5.92 Å². The molecule has 1 N–H and O–H groups in total. The Morgan fingerprint density at radius 2 is 1.88 bits per heavy atom. The molecule has 24 heavy (non-hydrogen) atoms. The van der Waals surface area contributed by atoms with E-state index in [0.717, 1.165) is 5.56 Å². The summed E-state index contributed by atoms with van der Waals surface area (Å²) in [6.45, 7) is 10.1. The summed E-state index contributed by atoms with van der Waals surface area (Å²) in [6, 6.07) is 9.93. The average molecular weight is 332 g/mol. The summed E-state index contributed by atoms with van der Waals surface area (Å²) in [7, 11) is 0. The maximum absolute atomic E-state index is 12.4. The third-order valence-corrected chi connectivity index (χ3v) is 4.39. The van der Waals surface area contributed by atoms with Crippen LogP contribution < -0.4 is 5.32 Å². The van der Waals surface area contributed by atoms with E-state index in [2.05, 4.69) is 5.32 Å². The molecule has 1 aromatic rings. The van der Waals surface area contributed by atoms with Gasteiger partial charge in [-0.1, -0.05) is 30.3 Å². The molecular weight excluding hydrogens is 304 g/mol. The van der Waals surface area contributed by atoms with E-state index in [4.69, 9.17) is 4.74 Å². The number of carbonyl (C=O) groups excluding carboxylic acids is 2. The molecule has 0 aliphatic carbocycles. The lowest BCUT2D eigenvalue weighted by Gasteiger charge is -2.27. The standard InChI is InChI=1S/C19H28N2O3/c1-13(20-18(23)24-19(3,4)5)16-11-17(22)21(12-16)14(2)15-9-7-6-8-10-15/h6-10,13-14,16H,11-12H2,1-5H3,(H,20,23)/t13-,14+,16+/m1/s1. The maximum atomic E-state index is 12.4. The van der Waals surface area contributed by atoms with E-state index in [-0.39, 0.29) is 23.9 Å². The molecule has 0 spiro atoms. The molecule has 1 aliphatic rings. The van der Waals surface area contributed by atoms with Gasteiger partial charge in [-0.25, -0.2) is 4.79 Å². The maximum Gasteiger partial charge on any atom is 0.407 e. The fourth-order valence-corrected chi connectivity index (χ4v) is 2.99. The lowest BCUT2D eigenvalue weighted by molar-refractivity contribution is -0.129. The van der Waals surface area contributed by atoms with Gasteiger partial charge in [0.1, 0.15) is 5.60 Å². The van der Waals surface area contributed by atoms with Crippen molar-refractivity contribution >= 4 is 12.0 Å². The van der Waals surface area contributed by atoms with Crippen LogP contribution in [0.2, 0.25) is 0 Å². The molecule has 3 atom stereocenters. The molecule has 0 aromatic heterocycles. The Balaban J connectivity index is 1.95. The highest BCUT2D eigenvalue weighted by Gasteiger charge is 2.36. The fraction of sp³-hybridized carbons (Fsp3) is 0.579. The zero-order chi connectivity index (χ0) is 17.9. The van der Waals surface area contributed by atoms with Crippen molar-refractivity contribution in [3.63, 3.8) is 0 Å². The number of benzene rings is 1. The van der Waals surface area contributed by atoms with Gasteiger partial charge in [-0.05, 0) is 40.2 Å². The highest BCUT2D eigenvalue weighted by Crippen LogP contribution is 2.30. The van der Waals surface area contributed by atoms with Gasteiger partial charge in [0.25, 0.3) is 0 Å². The molecule has 1 saturated heterocycles. The Hall–Kier alpha value is -2.04. The van der Waals surface area contributed by atoms with Crippen molar-refractivity contribution < 1.29 is 14.3 Å². The molecule has 0 radical (unpaired) electrons. The van der Waals surface area contributed by atoms with E-state index in [1.54, 1.807) is 0 Å². The lowest BCUT2D eigenvalue weighted by atomic mass is 10.0. The zero-order valence-corrected chi connectivity index (χ0v) is 15.2. The largest absolute Gasteiger partial charge is 0.444 e. The number of nitrogens with one attached hydrogen (secondary N) is 1. The summed E-state index contributed by atoms with van der Waals surface area (Å²) in [4.78, 5) is 26.2. The number of hydrogen-bond acceptors (Lipinski definition) is 3. The van der Waals surface area contributed by atoms with Gasteiger partial charge >= 0.3 is 6.09 Å². The van der Waals surface area contributed by atoms with Crippen molar-refractivity contribution in [2.24, 2.45) is 5.92 Å². The molecule has 2 rings (SSSR count). The quantitative estimate of drug-likeness (QED) is 0.918. The molecule has 132 valence electrons. The SMILES string of the molecule is C[C@@H](NC(=O)OC(C)(C)C)[C@H]1CC(=O)N([C@@H](C)c2ccccc2)C1. The van der Waals surface area contributed by atoms with E-state index in [9.17, 15) is 9.59 Å². The third kappa shape index (κ3) is 4.73. The van der Waals surface area contributed by atoms with E-state index in [1.165, 1.54) is 0 Å². The van der Waals surface area contributed by atoms with Crippen LogP contribution >= 0.6 is 0 Å². The first-order chi connectivity index (χ1) is 11.2. The number of likely N-dealkylation sites (tertiary alicyclic amines) is 1. The van der Waals surface area contributed by atoms with Gasteiger partial charge in [0.15, 0.2) is 0 Å². The highest BCUT2D eigenvalue weighted by atomic mass is 16.6. The van der Waals surface area contributed by atoms with Crippen LogP contribution in [0.3, 0.4) is 0 Å². The van der Waals surface area contributed by atoms with Crippen molar-refractivity contribution in [1.82, 2.24) is 10.2 Å². The first-order valence-electron chi connectivity index (χ1n) is 8.51. The van der Waals surface area contributed by atoms with E-state index in [1.807, 2.05) is 69.9 Å². The van der Waals surface area contributed by atoms with Crippen LogP contribution in [0.15, 0.2) is 30.3 Å². The van der Waals surface area contributed by atoms with Crippen LogP contribution in [0.5, 0.6) is 0 Å². The van der Waals surface area contributed by atoms with Gasteiger partial charge in [0, 0.05) is 24.9 Å². The average Bonchev–Trinajstić information content (AvgIpc) is 2.87. The molecule has 1 heterocycles. The summed E-state index contributed by atoms with van der Waals surface area (Å²) >= 11 is 0. The van der Waals surface area contributed by atoms with E-state index >= 15 is 0 Å². The zero-order valence-electron chi connectivity index (χ0n) is 15.2. The summed E-state index contributed by atoms with van der Waals surface area (Å²) < 4.78 is 5.29. The fourth-order valence-electron chi connectivity index (χ4n) is 2.99. The van der Waals surface area contributed by atoms with Gasteiger partial charge in [-0.15, -0.1) is 0 Å². The second-order valence-electron chi connectivity index (χ2n) is 7.53. The number of alkyl carbamates (subject to hydrolysis) is 1. The minimum atomic E-state index is -0.525. The second-order valence-corrected chi connectivity index (χ2v) is 7.53. The summed E-state index contributed by atoms with van der Waals surface area (Å²) in [5, 5.41) is 2.86. The number of hydrogen-bond donors (Lipinski definition) is 1. The Morgan fingerprint density at radius 3 is 2.46 bits per heavy atom. The van der Waals surface area contributed by atoms with Crippen molar-refractivity contribution in [3.8, 4) is 0 Å². The van der Waals surface area contributed by atoms with Crippen LogP contribution in [-0.2, 0) is 9.53 Å². The monoisotopic (exact) mass is 332 g/mol. The normalized spacial score (nSPS) is 20.6. The van der Waals surface area contributed by atoms with Crippen molar-refractivity contribution in [2.75, 3.05) is 6.54 Å². The number of ether oxygens (including phenoxy) is 1. The first kappa shape index (κ1) is 18.3. The number of carbonyl (C=O) groups is 2. The van der Waals surface area contributed by atoms with Crippen molar-refractivity contribution in [1.29, 1.82) is 0 Å². The molecule has 1 fully saturated rings. The second kappa shape index (κ2) is 7.24. The third-order valence-electron chi connectivity index (χ3n) is 4.39. The van der Waals surface area contributed by atoms with Crippen LogP contribution in [-0.4, -0.2) is 35.1 Å². The molecule has 5 nitrogen and oxygen atoms in total. The van der Waals surface area contributed by atoms with E-state index in [0.29, 0.717) is 13.0 Å². The molecule has 0 bridgehead atoms. The van der Waals surface area contributed by atoms with E-state index < -0.39 is 11.7 Å². The Kier molecular flexibility index (Phi) is 5.52. The van der Waals surface area contributed by atoms with Crippen LogP contribution in [0.1, 0.15) is 52.6 Å². The number of nitrogens with zero attached hydrogens (tertiary/aromatic N) is 1. The van der Waals surface area contributed by atoms with Crippen molar-refractivity contribution in [3.05, 3.63) is 35.9 Å². The first-order valence-corrected chi connectivity index (χ1v) is 8.51. The van der Waals surface area contributed by atoms with Gasteiger partial charge in [0.05, 0.1) is 6.04 Å². The van der Waals surface area contributed by atoms with Gasteiger partial charge in [0.2, 0.25) is 5.91 Å². The summed E-state index contributed by atoms with van der Waals surface area (Å²) in [6.07, 6.45) is 0.0192. The molecule has 1 aromatic carbocycles. The lowest BCUT2D eigenvalue weighted by Crippen LogP contribution is -2.42. The molecule has 2 amide bonds. The minimum Gasteiger partial charge on any atom is -0.444 e. The number of amides is 2. The summed E-state index contributed by atoms with van der Waals surface area (Å²) in [5.74, 6) is 0.227. The van der Waals surface area contributed by atoms with Crippen LogP contribution in [0.25, 0.3) is 0 Å². The predicted octanol–water partition coefficient (Wildman–Crippen LogP) is 3.51. The van der Waals surface area contributed by atoms with Crippen molar-refractivity contribution in [2.45, 2.75) is 58.7 Å². The van der Waals surface area contributed by atoms with Gasteiger partial charge < -0.3 is 15.0 Å². The molecule has 1 aliphatic heterocycles. The van der Waals surface area contributed by atoms with Gasteiger partial charge in [-0.3, -0.25) is 4.79 Å². The molecule has 0 saturated carbocycles. The number of rotatable bonds is 4. The topological polar surface area (TPSA) is 58.6 Å². The summed E-state index contributed by atoms with van der Waals surface area (Å²) in [5.41, 5.74) is 0.600.